The molecule has 1 saturated carbocycles. The van der Waals surface area contributed by atoms with Gasteiger partial charge in [0.15, 0.2) is 5.65 Å². The van der Waals surface area contributed by atoms with Gasteiger partial charge in [-0.05, 0) is 85.0 Å². The topological polar surface area (TPSA) is 104 Å². The highest BCUT2D eigenvalue weighted by atomic mass is 16.4. The maximum atomic E-state index is 14.3. The Morgan fingerprint density at radius 1 is 1.00 bits per heavy atom. The third kappa shape index (κ3) is 4.90. The molecule has 5 aromatic rings. The van der Waals surface area contributed by atoms with Crippen LogP contribution in [0.2, 0.25) is 0 Å². The Labute approximate surface area is 262 Å². The monoisotopic (exact) mass is 602 g/mol. The maximum absolute atomic E-state index is 14.3. The molecule has 1 aliphatic heterocycles. The Morgan fingerprint density at radius 3 is 2.44 bits per heavy atom. The lowest BCUT2D eigenvalue weighted by molar-refractivity contribution is 0.136. The van der Waals surface area contributed by atoms with Gasteiger partial charge in [0.05, 0.1) is 22.5 Å². The van der Waals surface area contributed by atoms with Crippen molar-refractivity contribution in [1.82, 2.24) is 24.4 Å². The Balaban J connectivity index is 1.57. The highest BCUT2D eigenvalue weighted by Gasteiger charge is 2.33. The molecular weight excluding hydrogens is 564 g/mol. The Bertz CT molecular complexity index is 2040. The standard InChI is InChI=1S/C36H38N6O3/c1-20(2)30-32(22(4)14-15-37-30)42-34-28(33(39-35(42)43)41-17-16-40(36(44)45)19-23(41)5)18-27(24-12-13-24)31(38-34)26-11-7-10-25-9-6-8-21(3)29(25)26/h6-11,14-15,18,20,23-24H,12-13,16-17,19H2,1-5H3,(H,44,45)/t23-/m0/s1. The molecule has 9 heteroatoms. The molecule has 2 aromatic carbocycles. The summed E-state index contributed by atoms with van der Waals surface area (Å²) < 4.78 is 1.66. The van der Waals surface area contributed by atoms with Gasteiger partial charge in [-0.1, -0.05) is 50.2 Å². The van der Waals surface area contributed by atoms with Crippen LogP contribution in [-0.4, -0.2) is 61.3 Å². The molecule has 1 saturated heterocycles. The molecule has 0 radical (unpaired) electrons. The van der Waals surface area contributed by atoms with Crippen molar-refractivity contribution >= 4 is 33.7 Å². The minimum atomic E-state index is -0.935. The van der Waals surface area contributed by atoms with Crippen LogP contribution in [0, 0.1) is 13.8 Å². The number of hydrogen-bond donors (Lipinski definition) is 1. The molecule has 2 aliphatic rings. The molecule has 230 valence electrons. The Morgan fingerprint density at radius 2 is 1.76 bits per heavy atom. The predicted molar refractivity (Wildman–Crippen MR) is 178 cm³/mol. The number of fused-ring (bicyclic) bond motifs is 2. The number of carboxylic acid groups (broad SMARTS) is 1. The second-order valence-corrected chi connectivity index (χ2v) is 12.9. The summed E-state index contributed by atoms with van der Waals surface area (Å²) in [5.41, 5.74) is 6.87. The van der Waals surface area contributed by atoms with Crippen LogP contribution in [0.5, 0.6) is 0 Å². The Hall–Kier alpha value is -4.79. The number of piperazine rings is 1. The van der Waals surface area contributed by atoms with E-state index in [2.05, 4.69) is 68.1 Å². The summed E-state index contributed by atoms with van der Waals surface area (Å²) in [4.78, 5) is 44.5. The van der Waals surface area contributed by atoms with Gasteiger partial charge in [0, 0.05) is 37.4 Å². The van der Waals surface area contributed by atoms with Crippen molar-refractivity contribution in [3.8, 4) is 16.9 Å². The zero-order valence-electron chi connectivity index (χ0n) is 26.4. The summed E-state index contributed by atoms with van der Waals surface area (Å²) in [6, 6.07) is 16.7. The number of amides is 1. The van der Waals surface area contributed by atoms with Crippen molar-refractivity contribution in [3.05, 3.63) is 87.6 Å². The number of aryl methyl sites for hydroxylation is 2. The van der Waals surface area contributed by atoms with Crippen LogP contribution in [0.4, 0.5) is 10.6 Å². The van der Waals surface area contributed by atoms with Gasteiger partial charge >= 0.3 is 11.8 Å². The number of benzene rings is 2. The van der Waals surface area contributed by atoms with Gasteiger partial charge < -0.3 is 14.9 Å². The third-order valence-electron chi connectivity index (χ3n) is 9.36. The van der Waals surface area contributed by atoms with Crippen molar-refractivity contribution in [3.63, 3.8) is 0 Å². The highest BCUT2D eigenvalue weighted by molar-refractivity contribution is 6.01. The number of carbonyl (C=O) groups is 1. The first-order valence-corrected chi connectivity index (χ1v) is 15.8. The van der Waals surface area contributed by atoms with Crippen molar-refractivity contribution in [2.45, 2.75) is 65.3 Å². The second kappa shape index (κ2) is 11.0. The fourth-order valence-electron chi connectivity index (χ4n) is 6.94. The minimum absolute atomic E-state index is 0.0663. The molecule has 0 spiro atoms. The van der Waals surface area contributed by atoms with Crippen molar-refractivity contribution in [2.24, 2.45) is 0 Å². The minimum Gasteiger partial charge on any atom is -0.465 e. The molecular formula is C36H38N6O3. The lowest BCUT2D eigenvalue weighted by Crippen LogP contribution is -2.54. The van der Waals surface area contributed by atoms with Gasteiger partial charge in [-0.15, -0.1) is 0 Å². The molecule has 1 N–H and O–H groups in total. The lowest BCUT2D eigenvalue weighted by atomic mass is 9.94. The molecule has 45 heavy (non-hydrogen) atoms. The lowest BCUT2D eigenvalue weighted by Gasteiger charge is -2.39. The number of hydrogen-bond acceptors (Lipinski definition) is 6. The summed E-state index contributed by atoms with van der Waals surface area (Å²) in [7, 11) is 0. The van der Waals surface area contributed by atoms with E-state index in [-0.39, 0.29) is 12.0 Å². The van der Waals surface area contributed by atoms with E-state index < -0.39 is 11.8 Å². The Kier molecular flexibility index (Phi) is 7.06. The number of rotatable bonds is 5. The molecule has 0 unspecified atom stereocenters. The predicted octanol–water partition coefficient (Wildman–Crippen LogP) is 6.80. The third-order valence-corrected chi connectivity index (χ3v) is 9.36. The van der Waals surface area contributed by atoms with Crippen LogP contribution in [0.25, 0.3) is 38.8 Å². The van der Waals surface area contributed by atoms with Crippen molar-refractivity contribution in [1.29, 1.82) is 0 Å². The molecule has 3 aromatic heterocycles. The first-order valence-electron chi connectivity index (χ1n) is 15.8. The summed E-state index contributed by atoms with van der Waals surface area (Å²) >= 11 is 0. The van der Waals surface area contributed by atoms with Gasteiger partial charge in [-0.3, -0.25) is 4.98 Å². The van der Waals surface area contributed by atoms with E-state index in [1.165, 1.54) is 10.5 Å². The summed E-state index contributed by atoms with van der Waals surface area (Å²) in [6.07, 6.45) is 3.02. The van der Waals surface area contributed by atoms with Crippen LogP contribution in [0.3, 0.4) is 0 Å². The van der Waals surface area contributed by atoms with Gasteiger partial charge in [-0.25, -0.2) is 19.1 Å². The van der Waals surface area contributed by atoms with E-state index in [1.54, 1.807) is 10.8 Å². The van der Waals surface area contributed by atoms with Gasteiger partial charge in [-0.2, -0.15) is 4.98 Å². The van der Waals surface area contributed by atoms with Gasteiger partial charge in [0.2, 0.25) is 0 Å². The van der Waals surface area contributed by atoms with E-state index in [4.69, 9.17) is 15.0 Å². The zero-order chi connectivity index (χ0) is 31.6. The van der Waals surface area contributed by atoms with Crippen LogP contribution < -0.4 is 10.6 Å². The number of pyridine rings is 2. The summed E-state index contributed by atoms with van der Waals surface area (Å²) in [5, 5.41) is 12.8. The highest BCUT2D eigenvalue weighted by Crippen LogP contribution is 2.47. The van der Waals surface area contributed by atoms with Crippen LogP contribution in [-0.2, 0) is 0 Å². The number of anilines is 1. The molecule has 4 heterocycles. The summed E-state index contributed by atoms with van der Waals surface area (Å²) in [5.74, 6) is 1.00. The quantitative estimate of drug-likeness (QED) is 0.236. The van der Waals surface area contributed by atoms with Crippen molar-refractivity contribution < 1.29 is 9.90 Å². The van der Waals surface area contributed by atoms with E-state index >= 15 is 0 Å². The maximum Gasteiger partial charge on any atom is 0.407 e. The number of aromatic nitrogens is 4. The first kappa shape index (κ1) is 29.0. The molecule has 1 atom stereocenters. The van der Waals surface area contributed by atoms with Crippen LogP contribution >= 0.6 is 0 Å². The average Bonchev–Trinajstić information content (AvgIpc) is 3.86. The molecule has 1 amide bonds. The fourth-order valence-corrected chi connectivity index (χ4v) is 6.94. The molecule has 1 aliphatic carbocycles. The molecule has 7 rings (SSSR count). The van der Waals surface area contributed by atoms with E-state index in [0.29, 0.717) is 37.0 Å². The number of nitrogens with zero attached hydrogens (tertiary/aromatic N) is 6. The molecule has 9 nitrogen and oxygen atoms in total. The largest absolute Gasteiger partial charge is 0.465 e. The fraction of sp³-hybridized carbons (Fsp3) is 0.361. The van der Waals surface area contributed by atoms with Crippen LogP contribution in [0.15, 0.2) is 59.5 Å². The van der Waals surface area contributed by atoms with E-state index in [0.717, 1.165) is 62.8 Å². The first-order chi connectivity index (χ1) is 21.6. The summed E-state index contributed by atoms with van der Waals surface area (Å²) in [6.45, 7) is 11.4. The van der Waals surface area contributed by atoms with Crippen molar-refractivity contribution in [2.75, 3.05) is 24.5 Å². The average molecular weight is 603 g/mol. The van der Waals surface area contributed by atoms with Gasteiger partial charge in [0.25, 0.3) is 0 Å². The van der Waals surface area contributed by atoms with E-state index in [9.17, 15) is 14.7 Å². The van der Waals surface area contributed by atoms with Gasteiger partial charge in [0.1, 0.15) is 5.82 Å². The second-order valence-electron chi connectivity index (χ2n) is 12.9. The zero-order valence-corrected chi connectivity index (χ0v) is 26.4. The van der Waals surface area contributed by atoms with E-state index in [1.807, 2.05) is 19.9 Å². The normalized spacial score (nSPS) is 17.1. The molecule has 2 fully saturated rings. The smallest absolute Gasteiger partial charge is 0.407 e. The van der Waals surface area contributed by atoms with Crippen LogP contribution in [0.1, 0.15) is 67.8 Å². The SMILES string of the molecule is Cc1ccnc(C(C)C)c1-n1c(=O)nc(N2CCN(C(=O)O)C[C@@H]2C)c2cc(C3CC3)c(-c3cccc4cccc(C)c34)nc21. The molecule has 0 bridgehead atoms.